The summed E-state index contributed by atoms with van der Waals surface area (Å²) < 4.78 is 11.1. The number of benzene rings is 1. The SMILES string of the molecule is O=C(O)C1CCC(c2ccc3c(c2)OCCO3)CC1. The number of carbonyl (C=O) groups is 1. The van der Waals surface area contributed by atoms with Gasteiger partial charge in [0.05, 0.1) is 5.92 Å². The standard InChI is InChI=1S/C15H18O4/c16-15(17)11-3-1-10(2-4-11)12-5-6-13-14(9-12)19-8-7-18-13/h5-6,9-11H,1-4,7-8H2,(H,16,17). The third-order valence-electron chi connectivity index (χ3n) is 4.11. The summed E-state index contributed by atoms with van der Waals surface area (Å²) in [5.41, 5.74) is 1.24. The van der Waals surface area contributed by atoms with Gasteiger partial charge < -0.3 is 14.6 Å². The minimum Gasteiger partial charge on any atom is -0.486 e. The number of aliphatic carboxylic acids is 1. The number of ether oxygens (including phenoxy) is 2. The summed E-state index contributed by atoms with van der Waals surface area (Å²) in [4.78, 5) is 11.0. The van der Waals surface area contributed by atoms with E-state index in [0.29, 0.717) is 19.1 Å². The number of hydrogen-bond acceptors (Lipinski definition) is 3. The predicted molar refractivity (Wildman–Crippen MR) is 69.8 cm³/mol. The molecule has 102 valence electrons. The minimum atomic E-state index is -0.652. The maximum Gasteiger partial charge on any atom is 0.306 e. The normalized spacial score (nSPS) is 25.9. The van der Waals surface area contributed by atoms with Gasteiger partial charge in [-0.25, -0.2) is 0 Å². The quantitative estimate of drug-likeness (QED) is 0.890. The van der Waals surface area contributed by atoms with Crippen molar-refractivity contribution >= 4 is 5.97 Å². The van der Waals surface area contributed by atoms with Crippen molar-refractivity contribution in [3.63, 3.8) is 0 Å². The largest absolute Gasteiger partial charge is 0.486 e. The van der Waals surface area contributed by atoms with Gasteiger partial charge in [0.1, 0.15) is 13.2 Å². The Morgan fingerprint density at radius 2 is 1.74 bits per heavy atom. The van der Waals surface area contributed by atoms with Gasteiger partial charge >= 0.3 is 5.97 Å². The van der Waals surface area contributed by atoms with Gasteiger partial charge in [0, 0.05) is 0 Å². The molecule has 0 radical (unpaired) electrons. The molecule has 2 aliphatic rings. The van der Waals surface area contributed by atoms with Gasteiger partial charge in [-0.05, 0) is 49.3 Å². The van der Waals surface area contributed by atoms with E-state index >= 15 is 0 Å². The minimum absolute atomic E-state index is 0.159. The van der Waals surface area contributed by atoms with Crippen LogP contribution in [0.5, 0.6) is 11.5 Å². The van der Waals surface area contributed by atoms with Crippen LogP contribution in [0.1, 0.15) is 37.2 Å². The molecule has 1 heterocycles. The van der Waals surface area contributed by atoms with Crippen molar-refractivity contribution in [2.75, 3.05) is 13.2 Å². The molecular weight excluding hydrogens is 244 g/mol. The Morgan fingerprint density at radius 3 is 2.42 bits per heavy atom. The van der Waals surface area contributed by atoms with E-state index in [4.69, 9.17) is 14.6 Å². The lowest BCUT2D eigenvalue weighted by molar-refractivity contribution is -0.142. The first-order valence-corrected chi connectivity index (χ1v) is 6.86. The molecule has 1 N–H and O–H groups in total. The van der Waals surface area contributed by atoms with E-state index in [9.17, 15) is 4.79 Å². The van der Waals surface area contributed by atoms with Crippen LogP contribution in [-0.2, 0) is 4.79 Å². The van der Waals surface area contributed by atoms with Crippen molar-refractivity contribution in [3.05, 3.63) is 23.8 Å². The fourth-order valence-corrected chi connectivity index (χ4v) is 2.99. The average molecular weight is 262 g/mol. The van der Waals surface area contributed by atoms with Crippen LogP contribution in [-0.4, -0.2) is 24.3 Å². The zero-order valence-corrected chi connectivity index (χ0v) is 10.8. The van der Waals surface area contributed by atoms with Crippen LogP contribution in [0.2, 0.25) is 0 Å². The summed E-state index contributed by atoms with van der Waals surface area (Å²) in [5, 5.41) is 9.02. The molecule has 0 spiro atoms. The van der Waals surface area contributed by atoms with Crippen molar-refractivity contribution < 1.29 is 19.4 Å². The van der Waals surface area contributed by atoms with Crippen LogP contribution in [0.15, 0.2) is 18.2 Å². The van der Waals surface area contributed by atoms with E-state index in [1.54, 1.807) is 0 Å². The first-order chi connectivity index (χ1) is 9.24. The molecule has 0 unspecified atom stereocenters. The van der Waals surface area contributed by atoms with Gasteiger partial charge in [-0.1, -0.05) is 6.07 Å². The zero-order chi connectivity index (χ0) is 13.2. The van der Waals surface area contributed by atoms with Crippen LogP contribution in [0.3, 0.4) is 0 Å². The summed E-state index contributed by atoms with van der Waals surface area (Å²) in [7, 11) is 0. The summed E-state index contributed by atoms with van der Waals surface area (Å²) in [6.07, 6.45) is 3.43. The number of fused-ring (bicyclic) bond motifs is 1. The number of carboxylic acid groups (broad SMARTS) is 1. The van der Waals surface area contributed by atoms with Crippen LogP contribution >= 0.6 is 0 Å². The fourth-order valence-electron chi connectivity index (χ4n) is 2.99. The van der Waals surface area contributed by atoms with E-state index in [1.807, 2.05) is 6.07 Å². The van der Waals surface area contributed by atoms with Crippen molar-refractivity contribution in [2.24, 2.45) is 5.92 Å². The second-order valence-corrected chi connectivity index (χ2v) is 5.29. The van der Waals surface area contributed by atoms with E-state index in [0.717, 1.165) is 37.2 Å². The smallest absolute Gasteiger partial charge is 0.306 e. The van der Waals surface area contributed by atoms with Crippen LogP contribution < -0.4 is 9.47 Å². The lowest BCUT2D eigenvalue weighted by atomic mass is 9.78. The molecule has 0 saturated heterocycles. The molecule has 1 aliphatic carbocycles. The monoisotopic (exact) mass is 262 g/mol. The first kappa shape index (κ1) is 12.3. The van der Waals surface area contributed by atoms with Crippen molar-refractivity contribution in [1.82, 2.24) is 0 Å². The molecule has 0 aromatic heterocycles. The third-order valence-corrected chi connectivity index (χ3v) is 4.11. The molecule has 3 rings (SSSR count). The predicted octanol–water partition coefficient (Wildman–Crippen LogP) is 2.82. The maximum atomic E-state index is 11.0. The second-order valence-electron chi connectivity index (χ2n) is 5.29. The van der Waals surface area contributed by atoms with Gasteiger partial charge in [0.2, 0.25) is 0 Å². The molecule has 4 nitrogen and oxygen atoms in total. The maximum absolute atomic E-state index is 11.0. The van der Waals surface area contributed by atoms with E-state index in [1.165, 1.54) is 5.56 Å². The molecule has 4 heteroatoms. The summed E-state index contributed by atoms with van der Waals surface area (Å²) >= 11 is 0. The second kappa shape index (κ2) is 5.11. The van der Waals surface area contributed by atoms with Gasteiger partial charge in [0.25, 0.3) is 0 Å². The average Bonchev–Trinajstić information content (AvgIpc) is 2.47. The highest BCUT2D eigenvalue weighted by molar-refractivity contribution is 5.70. The summed E-state index contributed by atoms with van der Waals surface area (Å²) in [6.45, 7) is 1.21. The first-order valence-electron chi connectivity index (χ1n) is 6.86. The Kier molecular flexibility index (Phi) is 3.32. The summed E-state index contributed by atoms with van der Waals surface area (Å²) in [5.74, 6) is 1.28. The van der Waals surface area contributed by atoms with E-state index in [2.05, 4.69) is 12.1 Å². The molecule has 19 heavy (non-hydrogen) atoms. The molecule has 0 amide bonds. The van der Waals surface area contributed by atoms with Gasteiger partial charge in [-0.3, -0.25) is 4.79 Å². The number of carboxylic acids is 1. The Labute approximate surface area is 112 Å². The topological polar surface area (TPSA) is 55.8 Å². The molecule has 0 bridgehead atoms. The van der Waals surface area contributed by atoms with Crippen LogP contribution in [0, 0.1) is 5.92 Å². The van der Waals surface area contributed by atoms with Gasteiger partial charge in [0.15, 0.2) is 11.5 Å². The van der Waals surface area contributed by atoms with Crippen molar-refractivity contribution in [3.8, 4) is 11.5 Å². The Hall–Kier alpha value is -1.71. The molecule has 1 aromatic carbocycles. The van der Waals surface area contributed by atoms with Crippen molar-refractivity contribution in [2.45, 2.75) is 31.6 Å². The molecule has 1 saturated carbocycles. The lowest BCUT2D eigenvalue weighted by Gasteiger charge is -2.27. The van der Waals surface area contributed by atoms with E-state index in [-0.39, 0.29) is 5.92 Å². The number of hydrogen-bond donors (Lipinski definition) is 1. The zero-order valence-electron chi connectivity index (χ0n) is 10.8. The third kappa shape index (κ3) is 2.53. The molecule has 1 aromatic rings. The highest BCUT2D eigenvalue weighted by atomic mass is 16.6. The number of rotatable bonds is 2. The van der Waals surface area contributed by atoms with E-state index < -0.39 is 5.97 Å². The highest BCUT2D eigenvalue weighted by Crippen LogP contribution is 2.39. The fraction of sp³-hybridized carbons (Fsp3) is 0.533. The molecule has 1 aliphatic heterocycles. The molecule has 0 atom stereocenters. The Morgan fingerprint density at radius 1 is 1.05 bits per heavy atom. The summed E-state index contributed by atoms with van der Waals surface area (Å²) in [6, 6.07) is 6.10. The highest BCUT2D eigenvalue weighted by Gasteiger charge is 2.27. The van der Waals surface area contributed by atoms with Gasteiger partial charge in [-0.15, -0.1) is 0 Å². The van der Waals surface area contributed by atoms with Gasteiger partial charge in [-0.2, -0.15) is 0 Å². The lowest BCUT2D eigenvalue weighted by Crippen LogP contribution is -2.21. The Bertz CT molecular complexity index is 475. The molecular formula is C15H18O4. The van der Waals surface area contributed by atoms with Crippen LogP contribution in [0.4, 0.5) is 0 Å². The Balaban J connectivity index is 1.71. The van der Waals surface area contributed by atoms with Crippen molar-refractivity contribution in [1.29, 1.82) is 0 Å². The van der Waals surface area contributed by atoms with Crippen LogP contribution in [0.25, 0.3) is 0 Å². The molecule has 1 fully saturated rings.